The fraction of sp³-hybridized carbons (Fsp3) is 0.267. The average molecular weight is 301 g/mol. The first-order chi connectivity index (χ1) is 10.1. The lowest BCUT2D eigenvalue weighted by Gasteiger charge is -2.08. The van der Waals surface area contributed by atoms with Gasteiger partial charge in [0.05, 0.1) is 28.7 Å². The minimum absolute atomic E-state index is 0.270. The Morgan fingerprint density at radius 1 is 1.48 bits per heavy atom. The second-order valence-corrected chi connectivity index (χ2v) is 5.55. The number of halogens is 1. The van der Waals surface area contributed by atoms with Crippen LogP contribution in [0.2, 0.25) is 0 Å². The summed E-state index contributed by atoms with van der Waals surface area (Å²) in [6, 6.07) is 9.56. The molecule has 2 heterocycles. The molecule has 1 aromatic carbocycles. The first-order valence-electron chi connectivity index (χ1n) is 6.55. The maximum absolute atomic E-state index is 9.21. The van der Waals surface area contributed by atoms with Crippen molar-refractivity contribution >= 4 is 22.6 Å². The lowest BCUT2D eigenvalue weighted by atomic mass is 10.2. The lowest BCUT2D eigenvalue weighted by Crippen LogP contribution is -2.05. The maximum Gasteiger partial charge on any atom is 0.156 e. The van der Waals surface area contributed by atoms with Gasteiger partial charge in [0.2, 0.25) is 0 Å². The number of benzene rings is 1. The van der Waals surface area contributed by atoms with E-state index in [-0.39, 0.29) is 5.38 Å². The van der Waals surface area contributed by atoms with Crippen molar-refractivity contribution in [2.75, 3.05) is 0 Å². The summed E-state index contributed by atoms with van der Waals surface area (Å²) in [6.07, 6.45) is 0. The number of nitriles is 1. The molecule has 0 N–H and O–H groups in total. The summed E-state index contributed by atoms with van der Waals surface area (Å²) in [6.45, 7) is 4.22. The molecule has 6 heteroatoms. The number of nitrogens with zero attached hydrogens (tertiary/aromatic N) is 4. The number of hydrogen-bond donors (Lipinski definition) is 0. The van der Waals surface area contributed by atoms with Gasteiger partial charge in [-0.25, -0.2) is 4.98 Å². The van der Waals surface area contributed by atoms with Crippen molar-refractivity contribution < 1.29 is 4.52 Å². The summed E-state index contributed by atoms with van der Waals surface area (Å²) in [4.78, 5) is 4.53. The summed E-state index contributed by atoms with van der Waals surface area (Å²) < 4.78 is 7.24. The molecule has 106 valence electrons. The molecule has 3 rings (SSSR count). The van der Waals surface area contributed by atoms with Gasteiger partial charge in [-0.3, -0.25) is 0 Å². The van der Waals surface area contributed by atoms with Crippen molar-refractivity contribution in [3.05, 3.63) is 47.1 Å². The molecule has 0 aliphatic heterocycles. The topological polar surface area (TPSA) is 67.6 Å². The molecule has 0 spiro atoms. The first-order valence-corrected chi connectivity index (χ1v) is 6.99. The lowest BCUT2D eigenvalue weighted by molar-refractivity contribution is 0.372. The summed E-state index contributed by atoms with van der Waals surface area (Å²) in [5.41, 5.74) is 2.90. The quantitative estimate of drug-likeness (QED) is 0.694. The number of alkyl halides is 1. The van der Waals surface area contributed by atoms with Crippen molar-refractivity contribution in [1.29, 1.82) is 5.26 Å². The van der Waals surface area contributed by atoms with Gasteiger partial charge in [0, 0.05) is 6.07 Å². The minimum atomic E-state index is -0.270. The molecule has 0 fully saturated rings. The third-order valence-electron chi connectivity index (χ3n) is 3.28. The summed E-state index contributed by atoms with van der Waals surface area (Å²) in [7, 11) is 0. The maximum atomic E-state index is 9.21. The van der Waals surface area contributed by atoms with Gasteiger partial charge in [-0.1, -0.05) is 11.2 Å². The van der Waals surface area contributed by atoms with Gasteiger partial charge in [0.25, 0.3) is 0 Å². The van der Waals surface area contributed by atoms with Gasteiger partial charge >= 0.3 is 0 Å². The Bertz CT molecular complexity index is 841. The fourth-order valence-corrected chi connectivity index (χ4v) is 2.54. The Kier molecular flexibility index (Phi) is 3.40. The monoisotopic (exact) mass is 300 g/mol. The molecule has 2 aromatic heterocycles. The van der Waals surface area contributed by atoms with Crippen LogP contribution < -0.4 is 0 Å². The third kappa shape index (κ3) is 2.39. The highest BCUT2D eigenvalue weighted by Gasteiger charge is 2.18. The van der Waals surface area contributed by atoms with E-state index >= 15 is 0 Å². The van der Waals surface area contributed by atoms with E-state index in [1.54, 1.807) is 6.07 Å². The van der Waals surface area contributed by atoms with E-state index in [0.717, 1.165) is 17.0 Å². The van der Waals surface area contributed by atoms with Gasteiger partial charge in [0.1, 0.15) is 17.4 Å². The Morgan fingerprint density at radius 3 is 2.90 bits per heavy atom. The largest absolute Gasteiger partial charge is 0.359 e. The van der Waals surface area contributed by atoms with Crippen LogP contribution in [0.5, 0.6) is 0 Å². The minimum Gasteiger partial charge on any atom is -0.359 e. The van der Waals surface area contributed by atoms with Gasteiger partial charge in [-0.2, -0.15) is 5.26 Å². The van der Waals surface area contributed by atoms with Crippen LogP contribution >= 0.6 is 11.6 Å². The molecule has 1 unspecified atom stereocenters. The molecular weight excluding hydrogens is 288 g/mol. The number of rotatable bonds is 3. The number of aryl methyl sites for hydroxylation is 1. The fourth-order valence-electron chi connectivity index (χ4n) is 2.37. The van der Waals surface area contributed by atoms with Crippen molar-refractivity contribution in [1.82, 2.24) is 14.7 Å². The Morgan fingerprint density at radius 2 is 2.29 bits per heavy atom. The summed E-state index contributed by atoms with van der Waals surface area (Å²) in [5, 5.41) is 12.8. The van der Waals surface area contributed by atoms with E-state index < -0.39 is 0 Å². The molecule has 1 atom stereocenters. The van der Waals surface area contributed by atoms with Crippen LogP contribution in [0.25, 0.3) is 11.0 Å². The zero-order valence-corrected chi connectivity index (χ0v) is 12.4. The van der Waals surface area contributed by atoms with Crippen molar-refractivity contribution in [2.24, 2.45) is 0 Å². The molecule has 3 aromatic rings. The van der Waals surface area contributed by atoms with E-state index in [0.29, 0.717) is 23.4 Å². The Labute approximate surface area is 126 Å². The van der Waals surface area contributed by atoms with Crippen molar-refractivity contribution in [2.45, 2.75) is 25.8 Å². The van der Waals surface area contributed by atoms with Gasteiger partial charge in [-0.05, 0) is 26.0 Å². The highest BCUT2D eigenvalue weighted by Crippen LogP contribution is 2.27. The van der Waals surface area contributed by atoms with Crippen LogP contribution in [0, 0.1) is 18.3 Å². The molecule has 0 saturated heterocycles. The van der Waals surface area contributed by atoms with Crippen LogP contribution in [0.1, 0.15) is 35.1 Å². The number of hydrogen-bond acceptors (Lipinski definition) is 4. The van der Waals surface area contributed by atoms with E-state index in [4.69, 9.17) is 16.1 Å². The second-order valence-electron chi connectivity index (χ2n) is 4.89. The molecule has 0 aliphatic rings. The Hall–Kier alpha value is -2.32. The third-order valence-corrected chi connectivity index (χ3v) is 3.47. The zero-order valence-electron chi connectivity index (χ0n) is 11.7. The summed E-state index contributed by atoms with van der Waals surface area (Å²) >= 11 is 6.23. The normalized spacial score (nSPS) is 12.5. The summed E-state index contributed by atoms with van der Waals surface area (Å²) in [5.74, 6) is 1.44. The van der Waals surface area contributed by atoms with E-state index in [2.05, 4.69) is 16.2 Å². The van der Waals surface area contributed by atoms with Crippen molar-refractivity contribution in [3.63, 3.8) is 0 Å². The average Bonchev–Trinajstić information content (AvgIpc) is 3.03. The molecule has 0 amide bonds. The van der Waals surface area contributed by atoms with Crippen LogP contribution in [0.15, 0.2) is 28.8 Å². The second kappa shape index (κ2) is 5.23. The van der Waals surface area contributed by atoms with Crippen LogP contribution in [-0.4, -0.2) is 14.7 Å². The van der Waals surface area contributed by atoms with Gasteiger partial charge in [0.15, 0.2) is 5.76 Å². The van der Waals surface area contributed by atoms with Crippen molar-refractivity contribution in [3.8, 4) is 6.07 Å². The molecule has 0 aliphatic carbocycles. The predicted molar refractivity (Wildman–Crippen MR) is 79.1 cm³/mol. The molecule has 21 heavy (non-hydrogen) atoms. The first kappa shape index (κ1) is 13.7. The number of imidazole rings is 1. The number of aromatic nitrogens is 3. The van der Waals surface area contributed by atoms with Crippen LogP contribution in [0.4, 0.5) is 0 Å². The van der Waals surface area contributed by atoms with E-state index in [1.165, 1.54) is 0 Å². The van der Waals surface area contributed by atoms with Gasteiger partial charge in [-0.15, -0.1) is 11.6 Å². The van der Waals surface area contributed by atoms with E-state index in [1.807, 2.05) is 36.6 Å². The standard InChI is InChI=1S/C15H13ClN4O/c1-9-6-12(21-19-9)8-20-13-5-3-4-11(7-17)14(13)18-15(20)10(2)16/h3-6,10H,8H2,1-2H3. The van der Waals surface area contributed by atoms with Crippen LogP contribution in [-0.2, 0) is 6.54 Å². The highest BCUT2D eigenvalue weighted by atomic mass is 35.5. The highest BCUT2D eigenvalue weighted by molar-refractivity contribution is 6.20. The number of para-hydroxylation sites is 1. The van der Waals surface area contributed by atoms with E-state index in [9.17, 15) is 5.26 Å². The predicted octanol–water partition coefficient (Wildman–Crippen LogP) is 3.55. The van der Waals surface area contributed by atoms with Gasteiger partial charge < -0.3 is 9.09 Å². The molecule has 5 nitrogen and oxygen atoms in total. The smallest absolute Gasteiger partial charge is 0.156 e. The molecule has 0 bridgehead atoms. The molecule has 0 saturated carbocycles. The SMILES string of the molecule is Cc1cc(Cn2c(C(C)Cl)nc3c(C#N)cccc32)on1. The number of fused-ring (bicyclic) bond motifs is 1. The van der Waals surface area contributed by atoms with Crippen LogP contribution in [0.3, 0.4) is 0 Å². The zero-order chi connectivity index (χ0) is 15.0. The molecule has 0 radical (unpaired) electrons. The molecular formula is C15H13ClN4O. The Balaban J connectivity index is 2.19.